The molecule has 1 fully saturated rings. The lowest BCUT2D eigenvalue weighted by atomic mass is 10.1. The Morgan fingerprint density at radius 1 is 1.47 bits per heavy atom. The first-order valence-electron chi connectivity index (χ1n) is 6.01. The van der Waals surface area contributed by atoms with Gasteiger partial charge in [0, 0.05) is 18.2 Å². The van der Waals surface area contributed by atoms with Gasteiger partial charge in [0.25, 0.3) is 0 Å². The molecule has 92 valence electrons. The molecule has 1 atom stereocenters. The second kappa shape index (κ2) is 5.19. The van der Waals surface area contributed by atoms with E-state index in [9.17, 15) is 0 Å². The predicted octanol–water partition coefficient (Wildman–Crippen LogP) is 1.77. The fraction of sp³-hybridized carbons (Fsp3) is 0.462. The zero-order chi connectivity index (χ0) is 12.3. The van der Waals surface area contributed by atoms with E-state index in [0.29, 0.717) is 6.04 Å². The maximum atomic E-state index is 8.58. The maximum Gasteiger partial charge on any atom is 0.170 e. The summed E-state index contributed by atoms with van der Waals surface area (Å²) in [4.78, 5) is 2.48. The van der Waals surface area contributed by atoms with Crippen molar-refractivity contribution in [2.45, 2.75) is 32.4 Å². The molecular formula is C13H19N3O. The number of nitrogens with two attached hydrogens (primary N) is 1. The first-order valence-corrected chi connectivity index (χ1v) is 6.01. The van der Waals surface area contributed by atoms with Crippen LogP contribution in [0.25, 0.3) is 0 Å². The number of nitrogens with zero attached hydrogens (tertiary/aromatic N) is 2. The normalized spacial score (nSPS) is 21.9. The molecule has 1 aliphatic heterocycles. The molecule has 1 aromatic rings. The SMILES string of the molecule is CC1CCCN1Cc1ccc(/C(N)=N/O)cc1. The number of amidine groups is 1. The van der Waals surface area contributed by atoms with E-state index in [-0.39, 0.29) is 5.84 Å². The van der Waals surface area contributed by atoms with E-state index in [4.69, 9.17) is 10.9 Å². The first-order chi connectivity index (χ1) is 8.20. The summed E-state index contributed by atoms with van der Waals surface area (Å²) in [6.45, 7) is 4.44. The van der Waals surface area contributed by atoms with Gasteiger partial charge in [-0.05, 0) is 31.9 Å². The van der Waals surface area contributed by atoms with Crippen molar-refractivity contribution >= 4 is 5.84 Å². The fourth-order valence-corrected chi connectivity index (χ4v) is 2.30. The minimum absolute atomic E-state index is 0.158. The molecule has 4 nitrogen and oxygen atoms in total. The number of hydrogen-bond acceptors (Lipinski definition) is 3. The molecule has 1 saturated heterocycles. The monoisotopic (exact) mass is 233 g/mol. The van der Waals surface area contributed by atoms with Crippen molar-refractivity contribution in [3.8, 4) is 0 Å². The van der Waals surface area contributed by atoms with Gasteiger partial charge in [-0.1, -0.05) is 29.4 Å². The van der Waals surface area contributed by atoms with Gasteiger partial charge in [-0.2, -0.15) is 0 Å². The van der Waals surface area contributed by atoms with Crippen molar-refractivity contribution in [1.82, 2.24) is 4.90 Å². The Labute approximate surface area is 102 Å². The van der Waals surface area contributed by atoms with Gasteiger partial charge in [0.1, 0.15) is 0 Å². The lowest BCUT2D eigenvalue weighted by Gasteiger charge is -2.20. The van der Waals surface area contributed by atoms with Crippen LogP contribution in [-0.4, -0.2) is 28.5 Å². The van der Waals surface area contributed by atoms with Crippen LogP contribution < -0.4 is 5.73 Å². The highest BCUT2D eigenvalue weighted by Gasteiger charge is 2.19. The van der Waals surface area contributed by atoms with Crippen LogP contribution in [0.4, 0.5) is 0 Å². The number of likely N-dealkylation sites (tertiary alicyclic amines) is 1. The quantitative estimate of drug-likeness (QED) is 0.362. The molecule has 1 heterocycles. The van der Waals surface area contributed by atoms with Gasteiger partial charge in [0.05, 0.1) is 0 Å². The summed E-state index contributed by atoms with van der Waals surface area (Å²) in [6, 6.07) is 8.55. The summed E-state index contributed by atoms with van der Waals surface area (Å²) in [7, 11) is 0. The van der Waals surface area contributed by atoms with Crippen molar-refractivity contribution in [1.29, 1.82) is 0 Å². The standard InChI is InChI=1S/C13H19N3O/c1-10-3-2-8-16(10)9-11-4-6-12(7-5-11)13(14)15-17/h4-7,10,17H,2-3,8-9H2,1H3,(H2,14,15). The molecule has 17 heavy (non-hydrogen) atoms. The molecule has 1 unspecified atom stereocenters. The molecule has 1 aliphatic rings. The van der Waals surface area contributed by atoms with Gasteiger partial charge in [0.15, 0.2) is 5.84 Å². The zero-order valence-corrected chi connectivity index (χ0v) is 10.1. The number of hydrogen-bond donors (Lipinski definition) is 2. The molecule has 0 saturated carbocycles. The van der Waals surface area contributed by atoms with Crippen molar-refractivity contribution in [2.24, 2.45) is 10.9 Å². The van der Waals surface area contributed by atoms with Crippen molar-refractivity contribution in [2.75, 3.05) is 6.54 Å². The largest absolute Gasteiger partial charge is 0.409 e. The van der Waals surface area contributed by atoms with Crippen LogP contribution in [0.15, 0.2) is 29.4 Å². The smallest absolute Gasteiger partial charge is 0.170 e. The average molecular weight is 233 g/mol. The van der Waals surface area contributed by atoms with Gasteiger partial charge in [0.2, 0.25) is 0 Å². The topological polar surface area (TPSA) is 61.8 Å². The molecule has 4 heteroatoms. The van der Waals surface area contributed by atoms with E-state index in [1.807, 2.05) is 24.3 Å². The lowest BCUT2D eigenvalue weighted by Crippen LogP contribution is -2.26. The third-order valence-electron chi connectivity index (χ3n) is 3.43. The lowest BCUT2D eigenvalue weighted by molar-refractivity contribution is 0.260. The summed E-state index contributed by atoms with van der Waals surface area (Å²) in [5, 5.41) is 11.6. The van der Waals surface area contributed by atoms with E-state index in [1.165, 1.54) is 24.9 Å². The van der Waals surface area contributed by atoms with E-state index < -0.39 is 0 Å². The molecule has 0 radical (unpaired) electrons. The van der Waals surface area contributed by atoms with Crippen LogP contribution in [0, 0.1) is 0 Å². The number of oxime groups is 1. The Bertz CT molecular complexity index is 400. The molecular weight excluding hydrogens is 214 g/mol. The Kier molecular flexibility index (Phi) is 3.64. The maximum absolute atomic E-state index is 8.58. The Hall–Kier alpha value is -1.55. The second-order valence-electron chi connectivity index (χ2n) is 4.64. The van der Waals surface area contributed by atoms with Crippen LogP contribution in [0.2, 0.25) is 0 Å². The summed E-state index contributed by atoms with van der Waals surface area (Å²) >= 11 is 0. The van der Waals surface area contributed by atoms with E-state index in [0.717, 1.165) is 12.1 Å². The number of benzene rings is 1. The molecule has 0 aliphatic carbocycles. The third-order valence-corrected chi connectivity index (χ3v) is 3.43. The average Bonchev–Trinajstić information content (AvgIpc) is 2.75. The minimum atomic E-state index is 0.158. The van der Waals surface area contributed by atoms with Gasteiger partial charge < -0.3 is 10.9 Å². The Morgan fingerprint density at radius 3 is 2.71 bits per heavy atom. The van der Waals surface area contributed by atoms with E-state index in [1.54, 1.807) is 0 Å². The van der Waals surface area contributed by atoms with Crippen LogP contribution in [0.5, 0.6) is 0 Å². The summed E-state index contributed by atoms with van der Waals surface area (Å²) in [5.74, 6) is 0.158. The van der Waals surface area contributed by atoms with Crippen LogP contribution in [0.3, 0.4) is 0 Å². The molecule has 0 spiro atoms. The highest BCUT2D eigenvalue weighted by Crippen LogP contribution is 2.19. The summed E-state index contributed by atoms with van der Waals surface area (Å²) < 4.78 is 0. The van der Waals surface area contributed by atoms with E-state index in [2.05, 4.69) is 17.0 Å². The van der Waals surface area contributed by atoms with Crippen LogP contribution in [0.1, 0.15) is 30.9 Å². The first kappa shape index (κ1) is 11.9. The molecule has 2 rings (SSSR count). The van der Waals surface area contributed by atoms with Crippen LogP contribution in [-0.2, 0) is 6.54 Å². The molecule has 0 bridgehead atoms. The Balaban J connectivity index is 2.03. The third kappa shape index (κ3) is 2.77. The summed E-state index contributed by atoms with van der Waals surface area (Å²) in [6.07, 6.45) is 2.59. The predicted molar refractivity (Wildman–Crippen MR) is 68.1 cm³/mol. The zero-order valence-electron chi connectivity index (χ0n) is 10.1. The van der Waals surface area contributed by atoms with Crippen LogP contribution >= 0.6 is 0 Å². The highest BCUT2D eigenvalue weighted by molar-refractivity contribution is 5.96. The van der Waals surface area contributed by atoms with Crippen molar-refractivity contribution < 1.29 is 5.21 Å². The van der Waals surface area contributed by atoms with Gasteiger partial charge in [-0.15, -0.1) is 0 Å². The molecule has 1 aromatic carbocycles. The fourth-order valence-electron chi connectivity index (χ4n) is 2.30. The van der Waals surface area contributed by atoms with Crippen molar-refractivity contribution in [3.05, 3.63) is 35.4 Å². The van der Waals surface area contributed by atoms with Gasteiger partial charge in [-0.25, -0.2) is 0 Å². The minimum Gasteiger partial charge on any atom is -0.409 e. The van der Waals surface area contributed by atoms with E-state index >= 15 is 0 Å². The van der Waals surface area contributed by atoms with Crippen molar-refractivity contribution in [3.63, 3.8) is 0 Å². The summed E-state index contributed by atoms with van der Waals surface area (Å²) in [5.41, 5.74) is 7.55. The molecule has 3 N–H and O–H groups in total. The molecule has 0 aromatic heterocycles. The Morgan fingerprint density at radius 2 is 2.18 bits per heavy atom. The molecule has 0 amide bonds. The highest BCUT2D eigenvalue weighted by atomic mass is 16.4. The number of rotatable bonds is 3. The second-order valence-corrected chi connectivity index (χ2v) is 4.64. The van der Waals surface area contributed by atoms with Gasteiger partial charge >= 0.3 is 0 Å². The van der Waals surface area contributed by atoms with Gasteiger partial charge in [-0.3, -0.25) is 4.90 Å².